The van der Waals surface area contributed by atoms with Crippen molar-refractivity contribution in [2.75, 3.05) is 11.9 Å². The number of unbranched alkanes of at least 4 members (excludes halogenated alkanes) is 5. The van der Waals surface area contributed by atoms with E-state index >= 15 is 0 Å². The number of carbonyl (C=O) groups is 1. The normalized spacial score (nSPS) is 14.5. The minimum Gasteiger partial charge on any atom is -0.494 e. The predicted octanol–water partition coefficient (Wildman–Crippen LogP) is 9.21. The first-order valence-corrected chi connectivity index (χ1v) is 14.5. The van der Waals surface area contributed by atoms with Gasteiger partial charge in [-0.1, -0.05) is 116 Å². The van der Waals surface area contributed by atoms with E-state index in [2.05, 4.69) is 28.1 Å². The summed E-state index contributed by atoms with van der Waals surface area (Å²) in [6, 6.07) is 16.2. The number of hydrogen-bond acceptors (Lipinski definition) is 2. The van der Waals surface area contributed by atoms with Gasteiger partial charge in [0.25, 0.3) is 0 Å². The average Bonchev–Trinajstić information content (AvgIpc) is 2.89. The van der Waals surface area contributed by atoms with Gasteiger partial charge in [-0.25, -0.2) is 0 Å². The molecule has 0 atom stereocenters. The molecule has 0 unspecified atom stereocenters. The number of ketones is 1. The molecule has 1 saturated carbocycles. The molecule has 0 amide bonds. The summed E-state index contributed by atoms with van der Waals surface area (Å²) < 4.78 is 5.85. The Morgan fingerprint density at radius 3 is 2.24 bits per heavy atom. The second-order valence-corrected chi connectivity index (χ2v) is 10.5. The summed E-state index contributed by atoms with van der Waals surface area (Å²) in [7, 11) is 0. The molecule has 0 spiro atoms. The van der Waals surface area contributed by atoms with Crippen LogP contribution >= 0.6 is 15.9 Å². The maximum atomic E-state index is 12.6. The number of halogens is 1. The van der Waals surface area contributed by atoms with Crippen LogP contribution in [-0.2, 0) is 6.42 Å². The molecule has 184 valence electrons. The van der Waals surface area contributed by atoms with E-state index in [9.17, 15) is 4.79 Å². The van der Waals surface area contributed by atoms with Crippen LogP contribution in [0.25, 0.3) is 6.08 Å². The van der Waals surface area contributed by atoms with Crippen molar-refractivity contribution >= 4 is 27.8 Å². The van der Waals surface area contributed by atoms with E-state index in [0.717, 1.165) is 47.6 Å². The van der Waals surface area contributed by atoms with Crippen molar-refractivity contribution in [3.8, 4) is 5.75 Å². The molecule has 0 aliphatic heterocycles. The summed E-state index contributed by atoms with van der Waals surface area (Å²) in [5.41, 5.74) is 3.11. The summed E-state index contributed by atoms with van der Waals surface area (Å²) in [5, 5.41) is 1.11. The molecule has 0 N–H and O–H groups in total. The summed E-state index contributed by atoms with van der Waals surface area (Å²) >= 11 is 3.48. The Labute approximate surface area is 215 Å². The Morgan fingerprint density at radius 2 is 1.53 bits per heavy atom. The van der Waals surface area contributed by atoms with E-state index in [1.165, 1.54) is 76.2 Å². The fraction of sp³-hybridized carbons (Fsp3) is 0.516. The predicted molar refractivity (Wildman–Crippen MR) is 148 cm³/mol. The molecule has 1 aliphatic rings. The first kappa shape index (κ1) is 26.7. The lowest BCUT2D eigenvalue weighted by Crippen LogP contribution is -2.07. The minimum absolute atomic E-state index is 0.0512. The molecule has 0 bridgehead atoms. The van der Waals surface area contributed by atoms with Gasteiger partial charge in [0, 0.05) is 10.9 Å². The van der Waals surface area contributed by atoms with Crippen LogP contribution in [0.2, 0.25) is 0 Å². The molecule has 0 heterocycles. The summed E-state index contributed by atoms with van der Waals surface area (Å²) in [6.45, 7) is 0.767. The van der Waals surface area contributed by atoms with Gasteiger partial charge in [-0.2, -0.15) is 0 Å². The van der Waals surface area contributed by atoms with Gasteiger partial charge in [-0.3, -0.25) is 4.79 Å². The number of aryl methyl sites for hydroxylation is 1. The quantitative estimate of drug-likeness (QED) is 0.100. The third-order valence-electron chi connectivity index (χ3n) is 6.91. The minimum atomic E-state index is 0.0512. The van der Waals surface area contributed by atoms with Gasteiger partial charge in [0.2, 0.25) is 0 Å². The van der Waals surface area contributed by atoms with Crippen molar-refractivity contribution in [3.05, 3.63) is 71.3 Å². The zero-order chi connectivity index (χ0) is 23.8. The zero-order valence-corrected chi connectivity index (χ0v) is 22.2. The van der Waals surface area contributed by atoms with Gasteiger partial charge in [0.05, 0.1) is 6.61 Å². The largest absolute Gasteiger partial charge is 0.494 e. The molecule has 2 nitrogen and oxygen atoms in total. The molecule has 3 heteroatoms. The van der Waals surface area contributed by atoms with Crippen LogP contribution < -0.4 is 4.74 Å². The highest BCUT2D eigenvalue weighted by Crippen LogP contribution is 2.27. The van der Waals surface area contributed by atoms with Crippen molar-refractivity contribution in [3.63, 3.8) is 0 Å². The molecule has 2 aromatic rings. The monoisotopic (exact) mass is 524 g/mol. The average molecular weight is 526 g/mol. The lowest BCUT2D eigenvalue weighted by atomic mass is 9.85. The van der Waals surface area contributed by atoms with Crippen molar-refractivity contribution in [2.45, 2.75) is 83.5 Å². The molecule has 1 fully saturated rings. The summed E-state index contributed by atoms with van der Waals surface area (Å²) in [6.07, 6.45) is 20.5. The van der Waals surface area contributed by atoms with E-state index < -0.39 is 0 Å². The molecular weight excluding hydrogens is 484 g/mol. The smallest absolute Gasteiger partial charge is 0.185 e. The topological polar surface area (TPSA) is 26.3 Å². The second kappa shape index (κ2) is 15.9. The van der Waals surface area contributed by atoms with Crippen LogP contribution in [0.15, 0.2) is 54.6 Å². The summed E-state index contributed by atoms with van der Waals surface area (Å²) in [4.78, 5) is 12.6. The number of allylic oxidation sites excluding steroid dienone is 1. The maximum Gasteiger partial charge on any atom is 0.185 e. The number of hydrogen-bond donors (Lipinski definition) is 0. The first-order valence-electron chi connectivity index (χ1n) is 13.3. The number of carbonyl (C=O) groups excluding carboxylic acids is 1. The van der Waals surface area contributed by atoms with Crippen molar-refractivity contribution < 1.29 is 9.53 Å². The molecule has 2 aromatic carbocycles. The van der Waals surface area contributed by atoms with E-state index in [1.807, 2.05) is 42.5 Å². The molecule has 0 saturated heterocycles. The van der Waals surface area contributed by atoms with Gasteiger partial charge in [-0.15, -0.1) is 0 Å². The highest BCUT2D eigenvalue weighted by Gasteiger charge is 2.13. The highest BCUT2D eigenvalue weighted by atomic mass is 79.9. The SMILES string of the molecule is O=C(C=Cc1ccc(OCCCCCCCCBr)cc1)c1ccc(CCC2CCCCC2)cc1. The van der Waals surface area contributed by atoms with Gasteiger partial charge in [0.1, 0.15) is 5.75 Å². The highest BCUT2D eigenvalue weighted by molar-refractivity contribution is 9.09. The van der Waals surface area contributed by atoms with E-state index in [4.69, 9.17) is 4.74 Å². The fourth-order valence-electron chi connectivity index (χ4n) is 4.72. The molecule has 34 heavy (non-hydrogen) atoms. The Bertz CT molecular complexity index is 848. The number of alkyl halides is 1. The molecule has 3 rings (SSSR count). The first-order chi connectivity index (χ1) is 16.7. The molecule has 0 radical (unpaired) electrons. The van der Waals surface area contributed by atoms with Crippen molar-refractivity contribution in [1.29, 1.82) is 0 Å². The molecule has 1 aliphatic carbocycles. The van der Waals surface area contributed by atoms with Crippen LogP contribution in [0.4, 0.5) is 0 Å². The van der Waals surface area contributed by atoms with Gasteiger partial charge in [-0.05, 0) is 60.9 Å². The lowest BCUT2D eigenvalue weighted by molar-refractivity contribution is 0.104. The Balaban J connectivity index is 1.36. The van der Waals surface area contributed by atoms with Crippen LogP contribution in [0.1, 0.15) is 98.5 Å². The third kappa shape index (κ3) is 10.2. The fourth-order valence-corrected chi connectivity index (χ4v) is 5.12. The van der Waals surface area contributed by atoms with Crippen LogP contribution in [0, 0.1) is 5.92 Å². The van der Waals surface area contributed by atoms with Gasteiger partial charge in [0.15, 0.2) is 5.78 Å². The standard InChI is InChI=1S/C31H41BrO2/c32-24-8-3-1-2-4-9-25-34-30-21-16-28(17-22-30)18-23-31(33)29-19-14-27(15-20-29)13-12-26-10-6-5-7-11-26/h14-23,26H,1-13,24-25H2. The third-order valence-corrected chi connectivity index (χ3v) is 7.47. The van der Waals surface area contributed by atoms with Crippen LogP contribution in [0.5, 0.6) is 5.75 Å². The van der Waals surface area contributed by atoms with E-state index in [0.29, 0.717) is 0 Å². The van der Waals surface area contributed by atoms with Crippen LogP contribution in [0.3, 0.4) is 0 Å². The summed E-state index contributed by atoms with van der Waals surface area (Å²) in [5.74, 6) is 1.84. The number of ether oxygens (including phenoxy) is 1. The molecule has 0 aromatic heterocycles. The lowest BCUT2D eigenvalue weighted by Gasteiger charge is -2.21. The Morgan fingerprint density at radius 1 is 0.853 bits per heavy atom. The Kier molecular flexibility index (Phi) is 12.5. The number of benzene rings is 2. The maximum absolute atomic E-state index is 12.6. The van der Waals surface area contributed by atoms with Crippen molar-refractivity contribution in [2.24, 2.45) is 5.92 Å². The zero-order valence-electron chi connectivity index (χ0n) is 20.7. The van der Waals surface area contributed by atoms with Gasteiger partial charge >= 0.3 is 0 Å². The van der Waals surface area contributed by atoms with Gasteiger partial charge < -0.3 is 4.74 Å². The van der Waals surface area contributed by atoms with Crippen LogP contribution in [-0.4, -0.2) is 17.7 Å². The Hall–Kier alpha value is -1.87. The van der Waals surface area contributed by atoms with Crippen molar-refractivity contribution in [1.82, 2.24) is 0 Å². The van der Waals surface area contributed by atoms with E-state index in [1.54, 1.807) is 6.08 Å². The second-order valence-electron chi connectivity index (χ2n) is 9.67. The van der Waals surface area contributed by atoms with E-state index in [-0.39, 0.29) is 5.78 Å². The molecular formula is C31H41BrO2. The number of rotatable bonds is 15.